The lowest BCUT2D eigenvalue weighted by molar-refractivity contribution is 0.576. The van der Waals surface area contributed by atoms with Crippen LogP contribution in [0.4, 0.5) is 5.82 Å². The molecule has 1 aliphatic heterocycles. The lowest BCUT2D eigenvalue weighted by Gasteiger charge is -2.27. The minimum Gasteiger partial charge on any atom is -0.362 e. The Balaban J connectivity index is 1.57. The van der Waals surface area contributed by atoms with Gasteiger partial charge in [-0.3, -0.25) is 0 Å². The van der Waals surface area contributed by atoms with Crippen LogP contribution in [0.3, 0.4) is 0 Å². The topological polar surface area (TPSA) is 89.8 Å². The van der Waals surface area contributed by atoms with Gasteiger partial charge in [0.2, 0.25) is 0 Å². The van der Waals surface area contributed by atoms with Gasteiger partial charge in [0.15, 0.2) is 15.5 Å². The molecule has 0 bridgehead atoms. The maximum atomic E-state index is 12.4. The molecule has 0 fully saturated rings. The first kappa shape index (κ1) is 18.1. The minimum atomic E-state index is -3.31. The van der Waals surface area contributed by atoms with E-state index in [4.69, 9.17) is 11.6 Å². The fourth-order valence-electron chi connectivity index (χ4n) is 3.65. The van der Waals surface area contributed by atoms with Crippen molar-refractivity contribution in [3.8, 4) is 5.69 Å². The zero-order valence-corrected chi connectivity index (χ0v) is 16.7. The third-order valence-electron chi connectivity index (χ3n) is 5.04. The van der Waals surface area contributed by atoms with Crippen LogP contribution in [-0.4, -0.2) is 33.9 Å². The van der Waals surface area contributed by atoms with Gasteiger partial charge in [-0.25, -0.2) is 23.1 Å². The van der Waals surface area contributed by atoms with Crippen molar-refractivity contribution in [1.82, 2.24) is 19.7 Å². The average molecular weight is 426 g/mol. The van der Waals surface area contributed by atoms with Gasteiger partial charge in [0.05, 0.1) is 34.0 Å². The first-order chi connectivity index (χ1) is 14.0. The third-order valence-corrected chi connectivity index (χ3v) is 7.09. The fourth-order valence-corrected chi connectivity index (χ4v) is 5.43. The van der Waals surface area contributed by atoms with Crippen molar-refractivity contribution in [3.05, 3.63) is 71.6 Å². The number of fused-ring (bicyclic) bond motifs is 2. The lowest BCUT2D eigenvalue weighted by atomic mass is 10.0. The number of nitrogens with one attached hydrogen (secondary N) is 1. The Morgan fingerprint density at radius 3 is 2.76 bits per heavy atom. The summed E-state index contributed by atoms with van der Waals surface area (Å²) in [5, 5.41) is 9.10. The summed E-state index contributed by atoms with van der Waals surface area (Å²) in [4.78, 5) is 9.08. The summed E-state index contributed by atoms with van der Waals surface area (Å²) < 4.78 is 26.6. The molecule has 0 amide bonds. The van der Waals surface area contributed by atoms with Crippen LogP contribution in [0.5, 0.6) is 0 Å². The van der Waals surface area contributed by atoms with E-state index in [1.807, 2.05) is 30.3 Å². The Morgan fingerprint density at radius 2 is 1.93 bits per heavy atom. The largest absolute Gasteiger partial charge is 0.362 e. The molecule has 3 heterocycles. The van der Waals surface area contributed by atoms with Crippen LogP contribution in [0.2, 0.25) is 5.02 Å². The van der Waals surface area contributed by atoms with E-state index < -0.39 is 9.84 Å². The summed E-state index contributed by atoms with van der Waals surface area (Å²) in [6.07, 6.45) is 3.61. The molecule has 4 aromatic rings. The first-order valence-electron chi connectivity index (χ1n) is 9.06. The molecular weight excluding hydrogens is 410 g/mol. The first-order valence-corrected chi connectivity index (χ1v) is 11.1. The molecule has 0 aliphatic carbocycles. The van der Waals surface area contributed by atoms with Crippen molar-refractivity contribution < 1.29 is 8.42 Å². The molecule has 2 aromatic heterocycles. The van der Waals surface area contributed by atoms with Gasteiger partial charge in [-0.15, -0.1) is 0 Å². The molecule has 5 rings (SSSR count). The van der Waals surface area contributed by atoms with Crippen LogP contribution in [-0.2, 0) is 9.84 Å². The van der Waals surface area contributed by atoms with Crippen LogP contribution < -0.4 is 5.32 Å². The SMILES string of the molecule is O=S1(=O)CC[C@H](Nc2ncnc3c2cnn3-c2ccccc2)c2cc(Cl)ccc21. The predicted octanol–water partition coefficient (Wildman–Crippen LogP) is 3.80. The number of halogens is 1. The Morgan fingerprint density at radius 1 is 1.10 bits per heavy atom. The van der Waals surface area contributed by atoms with Crippen LogP contribution in [0, 0.1) is 0 Å². The Hall–Kier alpha value is -2.97. The molecular formula is C20H16ClN5O2S. The Labute approximate surface area is 172 Å². The maximum absolute atomic E-state index is 12.4. The summed E-state index contributed by atoms with van der Waals surface area (Å²) in [7, 11) is -3.31. The molecule has 0 saturated heterocycles. The molecule has 29 heavy (non-hydrogen) atoms. The quantitative estimate of drug-likeness (QED) is 0.537. The van der Waals surface area contributed by atoms with E-state index in [1.165, 1.54) is 6.33 Å². The van der Waals surface area contributed by atoms with Gasteiger partial charge in [-0.05, 0) is 42.3 Å². The maximum Gasteiger partial charge on any atom is 0.178 e. The zero-order chi connectivity index (χ0) is 20.0. The van der Waals surface area contributed by atoms with Crippen LogP contribution in [0.15, 0.2) is 66.0 Å². The van der Waals surface area contributed by atoms with Crippen molar-refractivity contribution in [2.45, 2.75) is 17.4 Å². The normalized spacial score (nSPS) is 17.8. The van der Waals surface area contributed by atoms with E-state index in [2.05, 4.69) is 20.4 Å². The standard InChI is InChI=1S/C20H16ClN5O2S/c21-13-6-7-18-15(10-13)17(8-9-29(18,27)28)25-19-16-11-24-26(20(16)23-12-22-19)14-4-2-1-3-5-14/h1-7,10-12,17H,8-9H2,(H,22,23,25)/t17-/m0/s1. The molecule has 0 spiro atoms. The molecule has 7 nitrogen and oxygen atoms in total. The van der Waals surface area contributed by atoms with Gasteiger partial charge in [0, 0.05) is 5.02 Å². The van der Waals surface area contributed by atoms with Crippen molar-refractivity contribution in [2.24, 2.45) is 0 Å². The molecule has 1 N–H and O–H groups in total. The third kappa shape index (κ3) is 3.14. The van der Waals surface area contributed by atoms with Crippen LogP contribution in [0.25, 0.3) is 16.7 Å². The van der Waals surface area contributed by atoms with E-state index in [0.29, 0.717) is 33.4 Å². The molecule has 0 unspecified atom stereocenters. The second kappa shape index (κ2) is 6.82. The monoisotopic (exact) mass is 425 g/mol. The van der Waals surface area contributed by atoms with Crippen LogP contribution in [0.1, 0.15) is 18.0 Å². The van der Waals surface area contributed by atoms with Crippen LogP contribution >= 0.6 is 11.6 Å². The Bertz CT molecular complexity index is 1320. The summed E-state index contributed by atoms with van der Waals surface area (Å²) in [5.41, 5.74) is 2.22. The summed E-state index contributed by atoms with van der Waals surface area (Å²) in [6, 6.07) is 14.4. The molecule has 146 valence electrons. The van der Waals surface area contributed by atoms with Gasteiger partial charge >= 0.3 is 0 Å². The van der Waals surface area contributed by atoms with E-state index in [1.54, 1.807) is 29.1 Å². The highest BCUT2D eigenvalue weighted by atomic mass is 35.5. The Kier molecular flexibility index (Phi) is 4.25. The number of para-hydroxylation sites is 1. The summed E-state index contributed by atoms with van der Waals surface area (Å²) >= 11 is 6.14. The number of benzene rings is 2. The number of anilines is 1. The second-order valence-corrected chi connectivity index (χ2v) is 9.35. The number of hydrogen-bond donors (Lipinski definition) is 1. The van der Waals surface area contributed by atoms with Gasteiger partial charge in [-0.2, -0.15) is 5.10 Å². The molecule has 0 radical (unpaired) electrons. The fraction of sp³-hybridized carbons (Fsp3) is 0.150. The smallest absolute Gasteiger partial charge is 0.178 e. The number of hydrogen-bond acceptors (Lipinski definition) is 6. The second-order valence-electron chi connectivity index (χ2n) is 6.84. The summed E-state index contributed by atoms with van der Waals surface area (Å²) in [5.74, 6) is 0.670. The summed E-state index contributed by atoms with van der Waals surface area (Å²) in [6.45, 7) is 0. The number of rotatable bonds is 3. The highest BCUT2D eigenvalue weighted by Gasteiger charge is 2.31. The van der Waals surface area contributed by atoms with Gasteiger partial charge in [0.25, 0.3) is 0 Å². The molecule has 0 saturated carbocycles. The van der Waals surface area contributed by atoms with Gasteiger partial charge < -0.3 is 5.32 Å². The lowest BCUT2D eigenvalue weighted by Crippen LogP contribution is -2.25. The molecule has 2 aromatic carbocycles. The minimum absolute atomic E-state index is 0.0663. The van der Waals surface area contributed by atoms with E-state index >= 15 is 0 Å². The zero-order valence-electron chi connectivity index (χ0n) is 15.2. The van der Waals surface area contributed by atoms with E-state index in [-0.39, 0.29) is 11.8 Å². The highest BCUT2D eigenvalue weighted by Crippen LogP contribution is 2.36. The van der Waals surface area contributed by atoms with E-state index in [0.717, 1.165) is 11.1 Å². The van der Waals surface area contributed by atoms with Crippen molar-refractivity contribution >= 4 is 38.3 Å². The van der Waals surface area contributed by atoms with E-state index in [9.17, 15) is 8.42 Å². The van der Waals surface area contributed by atoms with Crippen molar-refractivity contribution in [3.63, 3.8) is 0 Å². The van der Waals surface area contributed by atoms with Gasteiger partial charge in [0.1, 0.15) is 12.1 Å². The number of nitrogens with zero attached hydrogens (tertiary/aromatic N) is 4. The molecule has 1 atom stereocenters. The highest BCUT2D eigenvalue weighted by molar-refractivity contribution is 7.91. The average Bonchev–Trinajstić information content (AvgIpc) is 3.16. The van der Waals surface area contributed by atoms with Gasteiger partial charge in [-0.1, -0.05) is 29.8 Å². The number of sulfone groups is 1. The molecule has 1 aliphatic rings. The van der Waals surface area contributed by atoms with Crippen molar-refractivity contribution in [2.75, 3.05) is 11.1 Å². The number of aromatic nitrogens is 4. The predicted molar refractivity (Wildman–Crippen MR) is 111 cm³/mol. The van der Waals surface area contributed by atoms with Crippen molar-refractivity contribution in [1.29, 1.82) is 0 Å². The molecule has 9 heteroatoms.